The minimum Gasteiger partial charge on any atom is -0.396 e. The zero-order valence-electron chi connectivity index (χ0n) is 11.9. The predicted molar refractivity (Wildman–Crippen MR) is 96.6 cm³/mol. The minimum absolute atomic E-state index is 0. The third kappa shape index (κ3) is 3.98. The molecule has 0 amide bonds. The van der Waals surface area contributed by atoms with E-state index in [0.29, 0.717) is 12.5 Å². The number of rotatable bonds is 4. The number of aliphatic hydroxyl groups excluding tert-OH is 1. The van der Waals surface area contributed by atoms with E-state index in [2.05, 4.69) is 19.8 Å². The molecule has 6 nitrogen and oxygen atoms in total. The van der Waals surface area contributed by atoms with E-state index < -0.39 is 0 Å². The lowest BCUT2D eigenvalue weighted by Crippen LogP contribution is -2.51. The number of aliphatic hydroxyl groups is 1. The van der Waals surface area contributed by atoms with E-state index in [0.717, 1.165) is 44.2 Å². The lowest BCUT2D eigenvalue weighted by Gasteiger charge is -2.35. The average Bonchev–Trinajstić information content (AvgIpc) is 3.07. The Balaban J connectivity index is 0.00000161. The van der Waals surface area contributed by atoms with E-state index in [1.807, 2.05) is 11.6 Å². The Morgan fingerprint density at radius 2 is 2.10 bits per heavy atom. The second-order valence-corrected chi connectivity index (χ2v) is 6.49. The van der Waals surface area contributed by atoms with Crippen LogP contribution in [0.3, 0.4) is 0 Å². The Labute approximate surface area is 146 Å². The number of thiazole rings is 1. The summed E-state index contributed by atoms with van der Waals surface area (Å²) in [6.07, 6.45) is 3.97. The maximum atomic E-state index is 9.28. The van der Waals surface area contributed by atoms with Gasteiger partial charge in [0.05, 0.1) is 13.2 Å². The molecule has 1 aromatic heterocycles. The Bertz CT molecular complexity index is 469. The quantitative estimate of drug-likeness (QED) is 0.429. The number of hydrogen-bond acceptors (Lipinski definition) is 5. The van der Waals surface area contributed by atoms with E-state index in [-0.39, 0.29) is 36.0 Å². The maximum Gasteiger partial charge on any atom is 0.191 e. The highest BCUT2D eigenvalue weighted by atomic mass is 127. The van der Waals surface area contributed by atoms with Crippen molar-refractivity contribution in [2.45, 2.75) is 12.8 Å². The first-order valence-corrected chi connectivity index (χ1v) is 7.91. The van der Waals surface area contributed by atoms with Gasteiger partial charge in [0.1, 0.15) is 0 Å². The van der Waals surface area contributed by atoms with Gasteiger partial charge in [-0.05, 0) is 12.8 Å². The van der Waals surface area contributed by atoms with Crippen LogP contribution in [0.1, 0.15) is 12.8 Å². The highest BCUT2D eigenvalue weighted by Crippen LogP contribution is 2.45. The molecule has 8 heteroatoms. The van der Waals surface area contributed by atoms with Gasteiger partial charge in [-0.1, -0.05) is 0 Å². The monoisotopic (exact) mass is 423 g/mol. The van der Waals surface area contributed by atoms with Crippen molar-refractivity contribution in [2.75, 3.05) is 44.2 Å². The summed E-state index contributed by atoms with van der Waals surface area (Å²) in [6, 6.07) is 0. The molecule has 0 spiro atoms. The fourth-order valence-electron chi connectivity index (χ4n) is 2.39. The van der Waals surface area contributed by atoms with Gasteiger partial charge < -0.3 is 20.6 Å². The Morgan fingerprint density at radius 1 is 1.38 bits per heavy atom. The number of guanidine groups is 1. The molecule has 0 bridgehead atoms. The number of aliphatic imine (C=N–C) groups is 1. The third-order valence-electron chi connectivity index (χ3n) is 4.16. The smallest absolute Gasteiger partial charge is 0.191 e. The molecule has 21 heavy (non-hydrogen) atoms. The number of hydrogen-bond donors (Lipinski definition) is 2. The Kier molecular flexibility index (Phi) is 5.67. The maximum absolute atomic E-state index is 9.28. The van der Waals surface area contributed by atoms with E-state index >= 15 is 0 Å². The first-order valence-electron chi connectivity index (χ1n) is 7.03. The second-order valence-electron chi connectivity index (χ2n) is 5.62. The lowest BCUT2D eigenvalue weighted by molar-refractivity contribution is 0.216. The second kappa shape index (κ2) is 7.10. The fraction of sp³-hybridized carbons (Fsp3) is 0.692. The molecule has 1 saturated carbocycles. The number of aromatic nitrogens is 1. The molecule has 1 aliphatic carbocycles. The van der Waals surface area contributed by atoms with Crippen LogP contribution < -0.4 is 10.6 Å². The lowest BCUT2D eigenvalue weighted by atomic mass is 10.1. The van der Waals surface area contributed by atoms with Crippen LogP contribution in [0.2, 0.25) is 0 Å². The molecule has 0 aromatic carbocycles. The van der Waals surface area contributed by atoms with Crippen LogP contribution in [0.25, 0.3) is 0 Å². The van der Waals surface area contributed by atoms with Crippen molar-refractivity contribution >= 4 is 46.4 Å². The van der Waals surface area contributed by atoms with Gasteiger partial charge in [0, 0.05) is 43.2 Å². The van der Waals surface area contributed by atoms with Gasteiger partial charge in [0.15, 0.2) is 11.1 Å². The molecule has 3 rings (SSSR count). The molecule has 3 N–H and O–H groups in total. The van der Waals surface area contributed by atoms with Gasteiger partial charge in [-0.25, -0.2) is 4.98 Å². The van der Waals surface area contributed by atoms with Crippen LogP contribution in [0.4, 0.5) is 5.13 Å². The van der Waals surface area contributed by atoms with Crippen LogP contribution in [0.5, 0.6) is 0 Å². The third-order valence-corrected chi connectivity index (χ3v) is 4.99. The van der Waals surface area contributed by atoms with Crippen molar-refractivity contribution in [1.29, 1.82) is 0 Å². The van der Waals surface area contributed by atoms with Crippen LogP contribution >= 0.6 is 35.3 Å². The van der Waals surface area contributed by atoms with Crippen molar-refractivity contribution in [2.24, 2.45) is 16.1 Å². The van der Waals surface area contributed by atoms with Gasteiger partial charge in [-0.3, -0.25) is 4.99 Å². The topological polar surface area (TPSA) is 78.0 Å². The summed E-state index contributed by atoms with van der Waals surface area (Å²) >= 11 is 1.67. The van der Waals surface area contributed by atoms with Gasteiger partial charge in [-0.2, -0.15) is 0 Å². The molecular weight excluding hydrogens is 401 g/mol. The van der Waals surface area contributed by atoms with Gasteiger partial charge >= 0.3 is 0 Å². The van der Waals surface area contributed by atoms with Crippen molar-refractivity contribution in [3.05, 3.63) is 11.6 Å². The number of nitrogens with two attached hydrogens (primary N) is 1. The molecule has 2 heterocycles. The van der Waals surface area contributed by atoms with Crippen LogP contribution in [-0.2, 0) is 0 Å². The van der Waals surface area contributed by atoms with Crippen molar-refractivity contribution in [3.63, 3.8) is 0 Å². The molecular formula is C13H22IN5OS. The first-order chi connectivity index (χ1) is 9.72. The summed E-state index contributed by atoms with van der Waals surface area (Å²) in [7, 11) is 0. The van der Waals surface area contributed by atoms with E-state index in [9.17, 15) is 5.11 Å². The zero-order chi connectivity index (χ0) is 14.0. The van der Waals surface area contributed by atoms with Crippen molar-refractivity contribution < 1.29 is 5.11 Å². The highest BCUT2D eigenvalue weighted by molar-refractivity contribution is 14.0. The number of halogens is 1. The largest absolute Gasteiger partial charge is 0.396 e. The molecule has 2 fully saturated rings. The van der Waals surface area contributed by atoms with Crippen LogP contribution in [-0.4, -0.2) is 60.3 Å². The van der Waals surface area contributed by atoms with Crippen LogP contribution in [0, 0.1) is 5.41 Å². The SMILES string of the molecule is I.NC(=NCC1(CO)CC1)N1CCN(c2nccs2)CC1. The van der Waals surface area contributed by atoms with Crippen LogP contribution in [0.15, 0.2) is 16.6 Å². The molecule has 1 aromatic rings. The first kappa shape index (κ1) is 16.8. The predicted octanol–water partition coefficient (Wildman–Crippen LogP) is 0.970. The summed E-state index contributed by atoms with van der Waals surface area (Å²) in [6.45, 7) is 4.48. The number of piperazine rings is 1. The Morgan fingerprint density at radius 3 is 2.62 bits per heavy atom. The molecule has 1 aliphatic heterocycles. The molecule has 118 valence electrons. The fourth-order valence-corrected chi connectivity index (χ4v) is 3.09. The highest BCUT2D eigenvalue weighted by Gasteiger charge is 2.41. The minimum atomic E-state index is 0. The summed E-state index contributed by atoms with van der Waals surface area (Å²) < 4.78 is 0. The van der Waals surface area contributed by atoms with E-state index in [1.54, 1.807) is 11.3 Å². The van der Waals surface area contributed by atoms with Crippen molar-refractivity contribution in [1.82, 2.24) is 9.88 Å². The summed E-state index contributed by atoms with van der Waals surface area (Å²) in [5, 5.41) is 12.4. The summed E-state index contributed by atoms with van der Waals surface area (Å²) in [5.74, 6) is 0.614. The van der Waals surface area contributed by atoms with Gasteiger partial charge in [0.2, 0.25) is 0 Å². The van der Waals surface area contributed by atoms with Gasteiger partial charge in [0.25, 0.3) is 0 Å². The molecule has 1 saturated heterocycles. The van der Waals surface area contributed by atoms with E-state index in [4.69, 9.17) is 5.73 Å². The normalized spacial score (nSPS) is 21.1. The molecule has 2 aliphatic rings. The van der Waals surface area contributed by atoms with Gasteiger partial charge in [-0.15, -0.1) is 35.3 Å². The van der Waals surface area contributed by atoms with E-state index in [1.165, 1.54) is 0 Å². The average molecular weight is 423 g/mol. The zero-order valence-corrected chi connectivity index (χ0v) is 15.1. The molecule has 0 atom stereocenters. The molecule has 0 unspecified atom stereocenters. The molecule has 0 radical (unpaired) electrons. The standard InChI is InChI=1S/C13H21N5OS.HI/c14-11(16-9-13(10-19)1-2-13)17-4-6-18(7-5-17)12-15-3-8-20-12;/h3,8,19H,1-2,4-7,9-10H2,(H2,14,16);1H. The number of nitrogens with zero attached hydrogens (tertiary/aromatic N) is 4. The number of anilines is 1. The Hall–Kier alpha value is -0.610. The summed E-state index contributed by atoms with van der Waals surface area (Å²) in [4.78, 5) is 13.2. The van der Waals surface area contributed by atoms with Crippen molar-refractivity contribution in [3.8, 4) is 0 Å². The summed E-state index contributed by atoms with van der Waals surface area (Å²) in [5.41, 5.74) is 6.10.